The molecule has 1 aliphatic carbocycles. The average Bonchev–Trinajstić information content (AvgIpc) is 2.49. The Morgan fingerprint density at radius 3 is 2.72 bits per heavy atom. The molecule has 0 fully saturated rings. The van der Waals surface area contributed by atoms with Gasteiger partial charge in [0.1, 0.15) is 0 Å². The van der Waals surface area contributed by atoms with E-state index >= 15 is 0 Å². The van der Waals surface area contributed by atoms with Gasteiger partial charge in [-0.1, -0.05) is 45.2 Å². The lowest BCUT2D eigenvalue weighted by Crippen LogP contribution is -1.92. The molecule has 0 saturated heterocycles. The van der Waals surface area contributed by atoms with Crippen LogP contribution in [0.1, 0.15) is 29.8 Å². The summed E-state index contributed by atoms with van der Waals surface area (Å²) >= 11 is 15.2. The molecule has 1 aromatic carbocycles. The van der Waals surface area contributed by atoms with Crippen molar-refractivity contribution in [1.29, 1.82) is 5.41 Å². The standard InChI is InChI=1S/C12H12Cl2.C2H4BrN/c1-8-2-3-9-7-10(13)4-5-11(9)12(14)6-8;3-1-2-4/h4-7,12H,2-3H2,1H3;2,4H,1H2. The van der Waals surface area contributed by atoms with E-state index in [9.17, 15) is 0 Å². The molecule has 2 rings (SSSR count). The van der Waals surface area contributed by atoms with Gasteiger partial charge < -0.3 is 5.41 Å². The molecule has 1 nitrogen and oxygen atoms in total. The predicted octanol–water partition coefficient (Wildman–Crippen LogP) is 5.54. The number of halogens is 3. The summed E-state index contributed by atoms with van der Waals surface area (Å²) in [7, 11) is 0. The number of hydrogen-bond acceptors (Lipinski definition) is 1. The summed E-state index contributed by atoms with van der Waals surface area (Å²) in [6, 6.07) is 5.97. The summed E-state index contributed by atoms with van der Waals surface area (Å²) in [5.41, 5.74) is 3.84. The molecule has 1 atom stereocenters. The number of hydrogen-bond donors (Lipinski definition) is 1. The normalized spacial score (nSPS) is 17.8. The molecule has 1 unspecified atom stereocenters. The second-order valence-electron chi connectivity index (χ2n) is 4.12. The monoisotopic (exact) mass is 347 g/mol. The van der Waals surface area contributed by atoms with E-state index in [2.05, 4.69) is 28.9 Å². The highest BCUT2D eigenvalue weighted by Gasteiger charge is 2.14. The fourth-order valence-corrected chi connectivity index (χ4v) is 2.44. The van der Waals surface area contributed by atoms with Gasteiger partial charge in [-0.25, -0.2) is 0 Å². The zero-order valence-electron chi connectivity index (χ0n) is 10.2. The fourth-order valence-electron chi connectivity index (χ4n) is 1.81. The third kappa shape index (κ3) is 4.75. The van der Waals surface area contributed by atoms with Crippen LogP contribution in [0.25, 0.3) is 0 Å². The number of alkyl halides is 2. The topological polar surface area (TPSA) is 23.9 Å². The SMILES string of the molecule is CC1=CC(Cl)c2ccc(Cl)cc2CC1.N=CCBr. The average molecular weight is 349 g/mol. The summed E-state index contributed by atoms with van der Waals surface area (Å²) in [5, 5.41) is 7.76. The van der Waals surface area contributed by atoms with Crippen LogP contribution in [0, 0.1) is 5.41 Å². The second-order valence-corrected chi connectivity index (χ2v) is 5.67. The van der Waals surface area contributed by atoms with Gasteiger partial charge in [-0.3, -0.25) is 0 Å². The molecule has 0 aromatic heterocycles. The van der Waals surface area contributed by atoms with Gasteiger partial charge in [-0.2, -0.15) is 0 Å². The van der Waals surface area contributed by atoms with E-state index in [1.165, 1.54) is 22.9 Å². The second kappa shape index (κ2) is 7.98. The molecule has 0 saturated carbocycles. The molecule has 4 heteroatoms. The number of allylic oxidation sites excluding steroid dienone is 2. The van der Waals surface area contributed by atoms with E-state index in [0.29, 0.717) is 5.33 Å². The van der Waals surface area contributed by atoms with Crippen LogP contribution in [0.15, 0.2) is 29.8 Å². The number of fused-ring (bicyclic) bond motifs is 1. The minimum atomic E-state index is 0.00441. The van der Waals surface area contributed by atoms with Gasteiger partial charge >= 0.3 is 0 Å². The van der Waals surface area contributed by atoms with E-state index in [0.717, 1.165) is 17.9 Å². The Labute approximate surface area is 127 Å². The van der Waals surface area contributed by atoms with Crippen LogP contribution in [-0.4, -0.2) is 11.5 Å². The van der Waals surface area contributed by atoms with Crippen molar-refractivity contribution < 1.29 is 0 Å². The Kier molecular flexibility index (Phi) is 6.98. The smallest absolute Gasteiger partial charge is 0.0771 e. The fraction of sp³-hybridized carbons (Fsp3) is 0.357. The zero-order chi connectivity index (χ0) is 13.5. The first-order valence-electron chi connectivity index (χ1n) is 5.73. The minimum absolute atomic E-state index is 0.00441. The van der Waals surface area contributed by atoms with Crippen LogP contribution >= 0.6 is 39.1 Å². The maximum absolute atomic E-state index is 6.28. The highest BCUT2D eigenvalue weighted by molar-refractivity contribution is 9.09. The van der Waals surface area contributed by atoms with Crippen molar-refractivity contribution in [1.82, 2.24) is 0 Å². The molecule has 0 heterocycles. The Hall–Kier alpha value is -0.310. The zero-order valence-corrected chi connectivity index (χ0v) is 13.3. The number of aryl methyl sites for hydroxylation is 1. The van der Waals surface area contributed by atoms with Crippen molar-refractivity contribution >= 4 is 45.3 Å². The van der Waals surface area contributed by atoms with Crippen LogP contribution in [0.3, 0.4) is 0 Å². The van der Waals surface area contributed by atoms with Gasteiger partial charge in [-0.15, -0.1) is 11.6 Å². The predicted molar refractivity (Wildman–Crippen MR) is 84.7 cm³/mol. The van der Waals surface area contributed by atoms with E-state index < -0.39 is 0 Å². The quantitative estimate of drug-likeness (QED) is 0.391. The minimum Gasteiger partial charge on any atom is -0.312 e. The maximum Gasteiger partial charge on any atom is 0.0771 e. The molecule has 0 spiro atoms. The maximum atomic E-state index is 6.28. The number of benzene rings is 1. The Morgan fingerprint density at radius 1 is 1.44 bits per heavy atom. The van der Waals surface area contributed by atoms with Gasteiger partial charge in [-0.05, 0) is 43.0 Å². The molecule has 0 bridgehead atoms. The summed E-state index contributed by atoms with van der Waals surface area (Å²) < 4.78 is 0. The molecule has 0 amide bonds. The van der Waals surface area contributed by atoms with Gasteiger partial charge in [0.15, 0.2) is 0 Å². The summed E-state index contributed by atoms with van der Waals surface area (Å²) in [5.74, 6) is 0. The van der Waals surface area contributed by atoms with Crippen molar-refractivity contribution in [3.05, 3.63) is 46.0 Å². The van der Waals surface area contributed by atoms with Gasteiger partial charge in [0.25, 0.3) is 0 Å². The lowest BCUT2D eigenvalue weighted by Gasteiger charge is -2.09. The Balaban J connectivity index is 0.000000357. The molecule has 1 aliphatic rings. The lowest BCUT2D eigenvalue weighted by atomic mass is 10.0. The van der Waals surface area contributed by atoms with Crippen LogP contribution in [0.4, 0.5) is 0 Å². The van der Waals surface area contributed by atoms with Crippen LogP contribution < -0.4 is 0 Å². The number of rotatable bonds is 1. The van der Waals surface area contributed by atoms with Gasteiger partial charge in [0.05, 0.1) is 5.38 Å². The third-order valence-electron chi connectivity index (χ3n) is 2.70. The molecule has 0 aliphatic heterocycles. The molecule has 1 N–H and O–H groups in total. The molecular formula is C14H16BrCl2N. The van der Waals surface area contributed by atoms with Crippen molar-refractivity contribution in [3.63, 3.8) is 0 Å². The summed E-state index contributed by atoms with van der Waals surface area (Å²) in [6.45, 7) is 2.13. The molecule has 0 radical (unpaired) electrons. The molecule has 98 valence electrons. The largest absolute Gasteiger partial charge is 0.312 e. The van der Waals surface area contributed by atoms with Crippen molar-refractivity contribution in [3.8, 4) is 0 Å². The summed E-state index contributed by atoms with van der Waals surface area (Å²) in [6.07, 6.45) is 5.54. The first kappa shape index (κ1) is 15.7. The van der Waals surface area contributed by atoms with Crippen LogP contribution in [0.2, 0.25) is 5.02 Å². The third-order valence-corrected chi connectivity index (χ3v) is 3.62. The Morgan fingerprint density at radius 2 is 2.11 bits per heavy atom. The van der Waals surface area contributed by atoms with E-state index in [1.807, 2.05) is 18.2 Å². The van der Waals surface area contributed by atoms with E-state index in [1.54, 1.807) is 0 Å². The van der Waals surface area contributed by atoms with Crippen molar-refractivity contribution in [2.45, 2.75) is 25.1 Å². The van der Waals surface area contributed by atoms with Gasteiger partial charge in [0, 0.05) is 16.6 Å². The van der Waals surface area contributed by atoms with Crippen LogP contribution in [-0.2, 0) is 6.42 Å². The van der Waals surface area contributed by atoms with Crippen molar-refractivity contribution in [2.75, 3.05) is 5.33 Å². The molecule has 1 aromatic rings. The van der Waals surface area contributed by atoms with Crippen molar-refractivity contribution in [2.24, 2.45) is 0 Å². The van der Waals surface area contributed by atoms with Gasteiger partial charge in [0.2, 0.25) is 0 Å². The molecular weight excluding hydrogens is 333 g/mol. The van der Waals surface area contributed by atoms with Crippen LogP contribution in [0.5, 0.6) is 0 Å². The number of nitrogens with one attached hydrogen (secondary N) is 1. The lowest BCUT2D eigenvalue weighted by molar-refractivity contribution is 0.947. The molecule has 18 heavy (non-hydrogen) atoms. The first-order chi connectivity index (χ1) is 8.58. The summed E-state index contributed by atoms with van der Waals surface area (Å²) in [4.78, 5) is 0. The first-order valence-corrected chi connectivity index (χ1v) is 7.66. The Bertz CT molecular complexity index is 443. The van der Waals surface area contributed by atoms with E-state index in [-0.39, 0.29) is 5.38 Å². The highest BCUT2D eigenvalue weighted by Crippen LogP contribution is 2.33. The van der Waals surface area contributed by atoms with E-state index in [4.69, 9.17) is 28.6 Å². The highest BCUT2D eigenvalue weighted by atomic mass is 79.9.